The second-order valence-electron chi connectivity index (χ2n) is 5.72. The molecule has 2 heterocycles. The molecular formula is C21H14FN3O. The summed E-state index contributed by atoms with van der Waals surface area (Å²) in [7, 11) is 0. The normalized spacial score (nSPS) is 11.3. The average Bonchev–Trinajstić information content (AvgIpc) is 2.67. The molecule has 0 saturated carbocycles. The van der Waals surface area contributed by atoms with E-state index in [1.165, 1.54) is 24.3 Å². The molecule has 4 aromatic rings. The van der Waals surface area contributed by atoms with Crippen LogP contribution in [0.25, 0.3) is 29.0 Å². The lowest BCUT2D eigenvalue weighted by atomic mass is 10.1. The zero-order chi connectivity index (χ0) is 17.9. The van der Waals surface area contributed by atoms with E-state index in [2.05, 4.69) is 9.97 Å². The predicted octanol–water partition coefficient (Wildman–Crippen LogP) is 4.09. The largest absolute Gasteiger partial charge is 0.289 e. The summed E-state index contributed by atoms with van der Waals surface area (Å²) in [6, 6.07) is 17.0. The molecule has 0 aliphatic carbocycles. The van der Waals surface area contributed by atoms with E-state index in [0.717, 1.165) is 5.56 Å². The van der Waals surface area contributed by atoms with Gasteiger partial charge < -0.3 is 0 Å². The van der Waals surface area contributed by atoms with E-state index in [1.54, 1.807) is 29.1 Å². The van der Waals surface area contributed by atoms with Crippen LogP contribution in [0.15, 0.2) is 77.9 Å². The molecule has 0 aliphatic rings. The van der Waals surface area contributed by atoms with Crippen molar-refractivity contribution in [2.24, 2.45) is 0 Å². The van der Waals surface area contributed by atoms with E-state index in [9.17, 15) is 9.18 Å². The summed E-state index contributed by atoms with van der Waals surface area (Å²) in [5.41, 5.74) is 1.80. The third-order valence-corrected chi connectivity index (χ3v) is 4.00. The zero-order valence-corrected chi connectivity index (χ0v) is 13.7. The van der Waals surface area contributed by atoms with E-state index in [4.69, 9.17) is 0 Å². The van der Waals surface area contributed by atoms with Crippen molar-refractivity contribution in [3.8, 4) is 5.95 Å². The van der Waals surface area contributed by atoms with Gasteiger partial charge in [0.15, 0.2) is 5.43 Å². The standard InChI is InChI=1S/C21H14FN3O/c22-16-8-10-18-19(13-16)25(21-23-11-4-12-24-21)17(14-20(18)26)9-7-15-5-2-1-3-6-15/h1-14H/b9-7+. The van der Waals surface area contributed by atoms with Crippen LogP contribution in [-0.4, -0.2) is 14.5 Å². The molecule has 0 N–H and O–H groups in total. The van der Waals surface area contributed by atoms with Gasteiger partial charge in [-0.3, -0.25) is 9.36 Å². The van der Waals surface area contributed by atoms with Crippen molar-refractivity contribution >= 4 is 23.1 Å². The van der Waals surface area contributed by atoms with Crippen LogP contribution in [0.5, 0.6) is 0 Å². The van der Waals surface area contributed by atoms with E-state index in [0.29, 0.717) is 22.5 Å². The predicted molar refractivity (Wildman–Crippen MR) is 100 cm³/mol. The summed E-state index contributed by atoms with van der Waals surface area (Å²) in [5.74, 6) is -0.0541. The minimum atomic E-state index is -0.425. The molecule has 126 valence electrons. The van der Waals surface area contributed by atoms with Crippen LogP contribution in [0.1, 0.15) is 11.3 Å². The van der Waals surface area contributed by atoms with E-state index < -0.39 is 5.82 Å². The molecular weight excluding hydrogens is 329 g/mol. The maximum absolute atomic E-state index is 13.9. The number of benzene rings is 2. The molecule has 4 rings (SSSR count). The van der Waals surface area contributed by atoms with Gasteiger partial charge in [0, 0.05) is 23.8 Å². The first kappa shape index (κ1) is 15.9. The number of pyridine rings is 1. The van der Waals surface area contributed by atoms with Gasteiger partial charge in [0.1, 0.15) is 5.82 Å². The molecule has 0 amide bonds. The van der Waals surface area contributed by atoms with Crippen LogP contribution in [0, 0.1) is 5.82 Å². The molecule has 2 aromatic heterocycles. The summed E-state index contributed by atoms with van der Waals surface area (Å²) < 4.78 is 15.6. The van der Waals surface area contributed by atoms with E-state index in [1.807, 2.05) is 36.4 Å². The Morgan fingerprint density at radius 2 is 1.65 bits per heavy atom. The van der Waals surface area contributed by atoms with Crippen LogP contribution < -0.4 is 5.43 Å². The quantitative estimate of drug-likeness (QED) is 0.563. The molecule has 2 aromatic carbocycles. The summed E-state index contributed by atoms with van der Waals surface area (Å²) in [4.78, 5) is 21.0. The van der Waals surface area contributed by atoms with Crippen LogP contribution in [0.2, 0.25) is 0 Å². The Balaban J connectivity index is 2.00. The first-order chi connectivity index (χ1) is 12.7. The minimum Gasteiger partial charge on any atom is -0.289 e. The Kier molecular flexibility index (Phi) is 4.11. The highest BCUT2D eigenvalue weighted by Gasteiger charge is 2.12. The summed E-state index contributed by atoms with van der Waals surface area (Å²) >= 11 is 0. The SMILES string of the molecule is O=c1cc(/C=C/c2ccccc2)n(-c2ncccn2)c2cc(F)ccc12. The highest BCUT2D eigenvalue weighted by atomic mass is 19.1. The van der Waals surface area contributed by atoms with Crippen LogP contribution in [-0.2, 0) is 0 Å². The van der Waals surface area contributed by atoms with Crippen molar-refractivity contribution in [2.45, 2.75) is 0 Å². The number of fused-ring (bicyclic) bond motifs is 1. The Hall–Kier alpha value is -3.60. The lowest BCUT2D eigenvalue weighted by Crippen LogP contribution is -2.13. The molecule has 0 fully saturated rings. The molecule has 0 unspecified atom stereocenters. The first-order valence-electron chi connectivity index (χ1n) is 8.08. The molecule has 0 saturated heterocycles. The van der Waals surface area contributed by atoms with Crippen molar-refractivity contribution in [2.75, 3.05) is 0 Å². The maximum atomic E-state index is 13.9. The fraction of sp³-hybridized carbons (Fsp3) is 0. The number of aromatic nitrogens is 3. The van der Waals surface area contributed by atoms with Gasteiger partial charge in [0.05, 0.1) is 11.2 Å². The third kappa shape index (κ3) is 3.02. The Morgan fingerprint density at radius 1 is 0.885 bits per heavy atom. The van der Waals surface area contributed by atoms with Gasteiger partial charge in [-0.25, -0.2) is 14.4 Å². The van der Waals surface area contributed by atoms with Crippen LogP contribution in [0.3, 0.4) is 0 Å². The van der Waals surface area contributed by atoms with Crippen molar-refractivity contribution in [1.29, 1.82) is 0 Å². The Morgan fingerprint density at radius 3 is 2.42 bits per heavy atom. The monoisotopic (exact) mass is 343 g/mol. The molecule has 26 heavy (non-hydrogen) atoms. The van der Waals surface area contributed by atoms with Gasteiger partial charge in [-0.05, 0) is 35.9 Å². The van der Waals surface area contributed by atoms with Gasteiger partial charge in [-0.15, -0.1) is 0 Å². The first-order valence-corrected chi connectivity index (χ1v) is 8.08. The van der Waals surface area contributed by atoms with Crippen LogP contribution in [0.4, 0.5) is 4.39 Å². The maximum Gasteiger partial charge on any atom is 0.234 e. The Bertz CT molecular complexity index is 1150. The second kappa shape index (κ2) is 6.72. The average molecular weight is 343 g/mol. The van der Waals surface area contributed by atoms with Gasteiger partial charge in [-0.2, -0.15) is 0 Å². The van der Waals surface area contributed by atoms with Gasteiger partial charge in [-0.1, -0.05) is 36.4 Å². The smallest absolute Gasteiger partial charge is 0.234 e. The van der Waals surface area contributed by atoms with Crippen LogP contribution >= 0.6 is 0 Å². The number of rotatable bonds is 3. The number of nitrogens with zero attached hydrogens (tertiary/aromatic N) is 3. The molecule has 0 aliphatic heterocycles. The van der Waals surface area contributed by atoms with Gasteiger partial charge >= 0.3 is 0 Å². The van der Waals surface area contributed by atoms with Crippen molar-refractivity contribution in [1.82, 2.24) is 14.5 Å². The molecule has 0 spiro atoms. The lowest BCUT2D eigenvalue weighted by Gasteiger charge is -2.13. The topological polar surface area (TPSA) is 47.8 Å². The third-order valence-electron chi connectivity index (χ3n) is 4.00. The molecule has 0 atom stereocenters. The zero-order valence-electron chi connectivity index (χ0n) is 13.7. The summed E-state index contributed by atoms with van der Waals surface area (Å²) in [6.45, 7) is 0. The highest BCUT2D eigenvalue weighted by molar-refractivity contribution is 5.83. The summed E-state index contributed by atoms with van der Waals surface area (Å²) in [6.07, 6.45) is 6.91. The number of hydrogen-bond donors (Lipinski definition) is 0. The molecule has 4 nitrogen and oxygen atoms in total. The van der Waals surface area contributed by atoms with E-state index >= 15 is 0 Å². The van der Waals surface area contributed by atoms with Gasteiger partial charge in [0.25, 0.3) is 0 Å². The van der Waals surface area contributed by atoms with Crippen molar-refractivity contribution in [3.63, 3.8) is 0 Å². The van der Waals surface area contributed by atoms with Crippen molar-refractivity contribution < 1.29 is 4.39 Å². The fourth-order valence-electron chi connectivity index (χ4n) is 2.81. The molecule has 0 radical (unpaired) electrons. The lowest BCUT2D eigenvalue weighted by molar-refractivity contribution is 0.629. The number of halogens is 1. The number of hydrogen-bond acceptors (Lipinski definition) is 3. The molecule has 5 heteroatoms. The van der Waals surface area contributed by atoms with Crippen molar-refractivity contribution in [3.05, 3.63) is 100 Å². The second-order valence-corrected chi connectivity index (χ2v) is 5.72. The molecule has 0 bridgehead atoms. The Labute approximate surface area is 148 Å². The van der Waals surface area contributed by atoms with E-state index in [-0.39, 0.29) is 5.43 Å². The fourth-order valence-corrected chi connectivity index (χ4v) is 2.81. The summed E-state index contributed by atoms with van der Waals surface area (Å²) in [5, 5.41) is 0.413. The highest BCUT2D eigenvalue weighted by Crippen LogP contribution is 2.19. The minimum absolute atomic E-state index is 0.181. The van der Waals surface area contributed by atoms with Gasteiger partial charge in [0.2, 0.25) is 5.95 Å².